The Morgan fingerprint density at radius 3 is 2.30 bits per heavy atom. The molecular weight excluding hydrogens is 488 g/mol. The highest BCUT2D eigenvalue weighted by molar-refractivity contribution is 5.86. The van der Waals surface area contributed by atoms with Crippen molar-refractivity contribution in [1.29, 1.82) is 0 Å². The van der Waals surface area contributed by atoms with Crippen molar-refractivity contribution < 1.29 is 0 Å². The van der Waals surface area contributed by atoms with Crippen molar-refractivity contribution in [2.75, 3.05) is 11.1 Å². The summed E-state index contributed by atoms with van der Waals surface area (Å²) in [5, 5.41) is 6.82. The first-order chi connectivity index (χ1) is 19.3. The van der Waals surface area contributed by atoms with Crippen LogP contribution in [0, 0.1) is 5.92 Å². The van der Waals surface area contributed by atoms with E-state index in [0.29, 0.717) is 11.4 Å². The van der Waals surface area contributed by atoms with Gasteiger partial charge in [-0.1, -0.05) is 110 Å². The fraction of sp³-hybridized carbons (Fsp3) is 0.361. The maximum absolute atomic E-state index is 6.34. The van der Waals surface area contributed by atoms with Gasteiger partial charge in [0.15, 0.2) is 0 Å². The van der Waals surface area contributed by atoms with Crippen molar-refractivity contribution in [3.63, 3.8) is 0 Å². The summed E-state index contributed by atoms with van der Waals surface area (Å²) in [5.74, 6) is 0.738. The van der Waals surface area contributed by atoms with Crippen LogP contribution in [0.3, 0.4) is 0 Å². The van der Waals surface area contributed by atoms with Gasteiger partial charge in [0.1, 0.15) is 0 Å². The normalized spacial score (nSPS) is 13.6. The molecular formula is C36H52N4. The number of nitrogens with two attached hydrogens (primary N) is 1. The highest BCUT2D eigenvalue weighted by Gasteiger charge is 2.15. The second kappa shape index (κ2) is 18.5. The van der Waals surface area contributed by atoms with Gasteiger partial charge < -0.3 is 16.4 Å². The van der Waals surface area contributed by atoms with E-state index in [1.807, 2.05) is 84.3 Å². The van der Waals surface area contributed by atoms with Crippen molar-refractivity contribution in [3.8, 4) is 11.1 Å². The van der Waals surface area contributed by atoms with E-state index < -0.39 is 0 Å². The molecule has 0 saturated heterocycles. The summed E-state index contributed by atoms with van der Waals surface area (Å²) in [6, 6.07) is 8.07. The van der Waals surface area contributed by atoms with Crippen LogP contribution in [0.1, 0.15) is 85.6 Å². The molecule has 1 aromatic heterocycles. The van der Waals surface area contributed by atoms with Gasteiger partial charge in [0.05, 0.1) is 11.9 Å². The topological polar surface area (TPSA) is 63.0 Å². The molecule has 216 valence electrons. The molecule has 4 nitrogen and oxygen atoms in total. The van der Waals surface area contributed by atoms with E-state index in [4.69, 9.17) is 5.73 Å². The Kier molecular flexibility index (Phi) is 15.8. The molecule has 1 aliphatic carbocycles. The summed E-state index contributed by atoms with van der Waals surface area (Å²) in [7, 11) is 0. The van der Waals surface area contributed by atoms with Crippen LogP contribution in [0.15, 0.2) is 104 Å². The van der Waals surface area contributed by atoms with Crippen molar-refractivity contribution in [3.05, 3.63) is 109 Å². The summed E-state index contributed by atoms with van der Waals surface area (Å²) >= 11 is 0. The molecule has 1 saturated carbocycles. The van der Waals surface area contributed by atoms with Crippen LogP contribution in [-0.4, -0.2) is 4.98 Å². The van der Waals surface area contributed by atoms with E-state index in [1.54, 1.807) is 6.08 Å². The van der Waals surface area contributed by atoms with Gasteiger partial charge in [-0.3, -0.25) is 4.98 Å². The average Bonchev–Trinajstić information content (AvgIpc) is 2.98. The summed E-state index contributed by atoms with van der Waals surface area (Å²) in [5.41, 5.74) is 15.4. The molecule has 0 atom stereocenters. The number of hydrogen-bond acceptors (Lipinski definition) is 4. The van der Waals surface area contributed by atoms with Crippen LogP contribution < -0.4 is 16.4 Å². The number of nitrogens with one attached hydrogen (secondary N) is 2. The van der Waals surface area contributed by atoms with E-state index in [1.165, 1.54) is 32.1 Å². The summed E-state index contributed by atoms with van der Waals surface area (Å²) in [4.78, 5) is 4.47. The summed E-state index contributed by atoms with van der Waals surface area (Å²) in [6.07, 6.45) is 17.0. The van der Waals surface area contributed by atoms with Gasteiger partial charge in [0.25, 0.3) is 0 Å². The minimum Gasteiger partial charge on any atom is -0.398 e. The Morgan fingerprint density at radius 2 is 1.65 bits per heavy atom. The predicted octanol–water partition coefficient (Wildman–Crippen LogP) is 10.4. The Bertz CT molecular complexity index is 1190. The minimum absolute atomic E-state index is 0.653. The predicted molar refractivity (Wildman–Crippen MR) is 180 cm³/mol. The quantitative estimate of drug-likeness (QED) is 0.196. The van der Waals surface area contributed by atoms with Gasteiger partial charge in [-0.2, -0.15) is 0 Å². The number of nitrogens with zero attached hydrogens (tertiary/aromatic N) is 1. The summed E-state index contributed by atoms with van der Waals surface area (Å²) < 4.78 is 0. The number of nitrogen functional groups attached to an aromatic ring is 1. The first kappa shape index (κ1) is 34.2. The van der Waals surface area contributed by atoms with E-state index in [-0.39, 0.29) is 0 Å². The molecule has 0 spiro atoms. The number of rotatable bonds is 11. The van der Waals surface area contributed by atoms with Crippen LogP contribution in [0.2, 0.25) is 0 Å². The standard InChI is InChI=1S/C32H40N4.2C2H6/c1-7-8-12-22(2)25(5)36-26(6)24(4)31-19-28(15-16-32(31)33)29-18-30(21-34-20-29)35-23(3)17-27-13-10-9-11-14-27;2*1-2/h7-8,12,15-16,18-21,27,35-36H,1,3-4,6,9-11,13-14,17,33H2,2,5H3;2*1-2H3/b12-8-,25-22+;;. The number of aromatic nitrogens is 1. The smallest absolute Gasteiger partial charge is 0.0574 e. The fourth-order valence-electron chi connectivity index (χ4n) is 4.56. The lowest BCUT2D eigenvalue weighted by Crippen LogP contribution is -2.12. The molecule has 4 N–H and O–H groups in total. The van der Waals surface area contributed by atoms with Crippen LogP contribution in [0.5, 0.6) is 0 Å². The lowest BCUT2D eigenvalue weighted by Gasteiger charge is -2.23. The molecule has 0 aliphatic heterocycles. The van der Waals surface area contributed by atoms with Gasteiger partial charge in [-0.05, 0) is 61.1 Å². The van der Waals surface area contributed by atoms with E-state index in [0.717, 1.165) is 57.3 Å². The van der Waals surface area contributed by atoms with Crippen molar-refractivity contribution in [2.45, 2.75) is 80.1 Å². The molecule has 4 heteroatoms. The van der Waals surface area contributed by atoms with Crippen LogP contribution in [0.25, 0.3) is 16.7 Å². The number of allylic oxidation sites excluding steroid dienone is 7. The Hall–Kier alpha value is -3.79. The van der Waals surface area contributed by atoms with Crippen LogP contribution >= 0.6 is 0 Å². The molecule has 40 heavy (non-hydrogen) atoms. The third-order valence-corrected chi connectivity index (χ3v) is 6.81. The van der Waals surface area contributed by atoms with E-state index in [9.17, 15) is 0 Å². The van der Waals surface area contributed by atoms with Gasteiger partial charge in [-0.25, -0.2) is 0 Å². The molecule has 0 unspecified atom stereocenters. The maximum atomic E-state index is 6.34. The second-order valence-electron chi connectivity index (χ2n) is 9.69. The first-order valence-electron chi connectivity index (χ1n) is 14.7. The zero-order chi connectivity index (χ0) is 30.1. The van der Waals surface area contributed by atoms with Gasteiger partial charge in [0.2, 0.25) is 0 Å². The molecule has 0 bridgehead atoms. The number of benzene rings is 1. The molecule has 2 aromatic rings. The lowest BCUT2D eigenvalue weighted by molar-refractivity contribution is 0.357. The maximum Gasteiger partial charge on any atom is 0.0574 e. The van der Waals surface area contributed by atoms with Crippen LogP contribution in [-0.2, 0) is 0 Å². The summed E-state index contributed by atoms with van der Waals surface area (Å²) in [6.45, 7) is 28.5. The first-order valence-corrected chi connectivity index (χ1v) is 14.7. The number of hydrogen-bond donors (Lipinski definition) is 3. The molecule has 0 amide bonds. The Balaban J connectivity index is 0.00000191. The molecule has 3 rings (SSSR count). The van der Waals surface area contributed by atoms with Gasteiger partial charge in [0, 0.05) is 40.1 Å². The van der Waals surface area contributed by atoms with Crippen molar-refractivity contribution >= 4 is 16.9 Å². The largest absolute Gasteiger partial charge is 0.398 e. The molecule has 0 radical (unpaired) electrons. The number of anilines is 2. The lowest BCUT2D eigenvalue weighted by atomic mass is 9.86. The average molecular weight is 541 g/mol. The van der Waals surface area contributed by atoms with E-state index >= 15 is 0 Å². The molecule has 1 aromatic carbocycles. The molecule has 1 aliphatic rings. The van der Waals surface area contributed by atoms with Gasteiger partial charge >= 0.3 is 0 Å². The highest BCUT2D eigenvalue weighted by atomic mass is 14.9. The zero-order valence-electron chi connectivity index (χ0n) is 25.9. The second-order valence-corrected chi connectivity index (χ2v) is 9.69. The van der Waals surface area contributed by atoms with E-state index in [2.05, 4.69) is 48.0 Å². The van der Waals surface area contributed by atoms with Gasteiger partial charge in [-0.15, -0.1) is 0 Å². The number of pyridine rings is 1. The van der Waals surface area contributed by atoms with Crippen molar-refractivity contribution in [2.24, 2.45) is 5.92 Å². The van der Waals surface area contributed by atoms with Crippen LogP contribution in [0.4, 0.5) is 11.4 Å². The molecule has 1 heterocycles. The highest BCUT2D eigenvalue weighted by Crippen LogP contribution is 2.32. The zero-order valence-corrected chi connectivity index (χ0v) is 25.9. The van der Waals surface area contributed by atoms with Crippen molar-refractivity contribution in [1.82, 2.24) is 10.3 Å². The monoisotopic (exact) mass is 540 g/mol. The Labute approximate surface area is 244 Å². The SMILES string of the molecule is C=C/C=C\C(C)=C(/C)NC(=C)C(=C)c1cc(-c2cncc(NC(=C)CC3CCCCC3)c2)ccc1N.CC.CC. The fourth-order valence-corrected chi connectivity index (χ4v) is 4.56. The minimum atomic E-state index is 0.653. The third kappa shape index (κ3) is 10.8. The Morgan fingerprint density at radius 1 is 0.975 bits per heavy atom. The third-order valence-electron chi connectivity index (χ3n) is 6.81. The molecule has 1 fully saturated rings.